The van der Waals surface area contributed by atoms with Crippen LogP contribution in [-0.4, -0.2) is 88.0 Å². The molecular formula is C31H58N4O7S. The van der Waals surface area contributed by atoms with Gasteiger partial charge in [0.2, 0.25) is 17.7 Å². The van der Waals surface area contributed by atoms with E-state index in [0.29, 0.717) is 25.0 Å². The van der Waals surface area contributed by atoms with Gasteiger partial charge in [-0.3, -0.25) is 14.4 Å². The number of rotatable bonds is 16. The average molecular weight is 631 g/mol. The van der Waals surface area contributed by atoms with E-state index in [1.165, 1.54) is 11.8 Å². The molecule has 7 atom stereocenters. The van der Waals surface area contributed by atoms with Crippen LogP contribution < -0.4 is 21.3 Å². The number of hydrogen-bond donors (Lipinski definition) is 6. The minimum Gasteiger partial charge on any atom is -0.444 e. The molecule has 0 heterocycles. The number of aliphatic hydroxyl groups is 2. The van der Waals surface area contributed by atoms with Gasteiger partial charge < -0.3 is 36.2 Å². The van der Waals surface area contributed by atoms with Crippen LogP contribution in [0.15, 0.2) is 0 Å². The van der Waals surface area contributed by atoms with Gasteiger partial charge in [-0.15, -0.1) is 0 Å². The Morgan fingerprint density at radius 1 is 0.907 bits per heavy atom. The number of carbonyl (C=O) groups excluding carboxylic acids is 4. The highest BCUT2D eigenvalue weighted by Crippen LogP contribution is 2.21. The molecule has 43 heavy (non-hydrogen) atoms. The number of ether oxygens (including phenoxy) is 1. The van der Waals surface area contributed by atoms with Crippen molar-refractivity contribution in [2.45, 2.75) is 142 Å². The molecule has 1 aliphatic rings. The third-order valence-corrected chi connectivity index (χ3v) is 8.13. The van der Waals surface area contributed by atoms with Crippen molar-refractivity contribution in [3.63, 3.8) is 0 Å². The molecule has 0 aromatic heterocycles. The van der Waals surface area contributed by atoms with E-state index in [-0.39, 0.29) is 30.2 Å². The van der Waals surface area contributed by atoms with Crippen LogP contribution in [0.25, 0.3) is 0 Å². The predicted molar refractivity (Wildman–Crippen MR) is 171 cm³/mol. The number of carbonyl (C=O) groups is 4. The minimum absolute atomic E-state index is 0.128. The predicted octanol–water partition coefficient (Wildman–Crippen LogP) is 3.11. The summed E-state index contributed by atoms with van der Waals surface area (Å²) >= 11 is 1.54. The highest BCUT2D eigenvalue weighted by Gasteiger charge is 2.33. The fraction of sp³-hybridized carbons (Fsp3) is 0.871. The van der Waals surface area contributed by atoms with Crippen molar-refractivity contribution in [3.05, 3.63) is 0 Å². The summed E-state index contributed by atoms with van der Waals surface area (Å²) in [4.78, 5) is 52.1. The van der Waals surface area contributed by atoms with Crippen LogP contribution in [0.1, 0.15) is 100 Å². The van der Waals surface area contributed by atoms with E-state index in [0.717, 1.165) is 19.3 Å². The standard InChI is InChI=1S/C31H58N4O7S/c1-18(2)16-23(25(37)17-20(5)27(38)32-21-12-10-11-13-24(21)36)34-28(39)22(14-15-43-9)33-29(40)26(19(3)4)35-30(41)42-31(6,7)8/h18-26,36-37H,10-17H2,1-9H3,(H,32,38)(H,33,40)(H,34,39)(H,35,41)/t20-,21+,22+,23+,24-,25+,26+/m1/s1. The number of amides is 4. The molecule has 0 spiro atoms. The van der Waals surface area contributed by atoms with Crippen molar-refractivity contribution in [3.8, 4) is 0 Å². The van der Waals surface area contributed by atoms with Gasteiger partial charge in [0.15, 0.2) is 0 Å². The van der Waals surface area contributed by atoms with E-state index in [1.54, 1.807) is 41.5 Å². The van der Waals surface area contributed by atoms with Gasteiger partial charge >= 0.3 is 6.09 Å². The van der Waals surface area contributed by atoms with Crippen LogP contribution in [0.4, 0.5) is 4.79 Å². The zero-order valence-electron chi connectivity index (χ0n) is 27.7. The Balaban J connectivity index is 2.96. The first-order valence-corrected chi connectivity index (χ1v) is 17.1. The van der Waals surface area contributed by atoms with Crippen LogP contribution >= 0.6 is 11.8 Å². The fourth-order valence-electron chi connectivity index (χ4n) is 5.08. The molecule has 1 fully saturated rings. The molecule has 1 saturated carbocycles. The van der Waals surface area contributed by atoms with Gasteiger partial charge in [-0.1, -0.05) is 47.5 Å². The Morgan fingerprint density at radius 2 is 1.53 bits per heavy atom. The monoisotopic (exact) mass is 630 g/mol. The lowest BCUT2D eigenvalue weighted by Crippen LogP contribution is -2.58. The van der Waals surface area contributed by atoms with Gasteiger partial charge in [-0.2, -0.15) is 11.8 Å². The van der Waals surface area contributed by atoms with Crippen molar-refractivity contribution in [2.75, 3.05) is 12.0 Å². The lowest BCUT2D eigenvalue weighted by molar-refractivity contribution is -0.131. The summed E-state index contributed by atoms with van der Waals surface area (Å²) in [5.41, 5.74) is -0.732. The molecule has 1 rings (SSSR count). The molecule has 11 nitrogen and oxygen atoms in total. The molecule has 0 radical (unpaired) electrons. The van der Waals surface area contributed by atoms with Crippen LogP contribution in [0.3, 0.4) is 0 Å². The van der Waals surface area contributed by atoms with Crippen molar-refractivity contribution in [2.24, 2.45) is 17.8 Å². The second-order valence-corrected chi connectivity index (χ2v) is 14.6. The smallest absolute Gasteiger partial charge is 0.408 e. The Morgan fingerprint density at radius 3 is 2.07 bits per heavy atom. The maximum Gasteiger partial charge on any atom is 0.408 e. The topological polar surface area (TPSA) is 166 Å². The second kappa shape index (κ2) is 18.7. The molecule has 4 amide bonds. The van der Waals surface area contributed by atoms with E-state index in [2.05, 4.69) is 21.3 Å². The lowest BCUT2D eigenvalue weighted by atomic mass is 9.90. The number of thioether (sulfide) groups is 1. The second-order valence-electron chi connectivity index (χ2n) is 13.6. The molecule has 0 unspecified atom stereocenters. The summed E-state index contributed by atoms with van der Waals surface area (Å²) in [5, 5.41) is 32.7. The van der Waals surface area contributed by atoms with Gasteiger partial charge in [0, 0.05) is 5.92 Å². The van der Waals surface area contributed by atoms with Crippen molar-refractivity contribution >= 4 is 35.6 Å². The molecule has 0 aliphatic heterocycles. The van der Waals surface area contributed by atoms with E-state index in [9.17, 15) is 29.4 Å². The molecule has 250 valence electrons. The van der Waals surface area contributed by atoms with Gasteiger partial charge in [0.1, 0.15) is 17.7 Å². The Hall–Kier alpha value is -2.05. The quantitative estimate of drug-likeness (QED) is 0.151. The summed E-state index contributed by atoms with van der Waals surface area (Å²) < 4.78 is 5.32. The number of nitrogens with one attached hydrogen (secondary N) is 4. The fourth-order valence-corrected chi connectivity index (χ4v) is 5.55. The van der Waals surface area contributed by atoms with Crippen LogP contribution in [0, 0.1) is 17.8 Å². The molecule has 0 bridgehead atoms. The number of alkyl carbamates (subject to hydrolysis) is 1. The molecule has 0 aromatic rings. The van der Waals surface area contributed by atoms with E-state index < -0.39 is 59.8 Å². The molecule has 12 heteroatoms. The van der Waals surface area contributed by atoms with E-state index in [1.807, 2.05) is 20.1 Å². The lowest BCUT2D eigenvalue weighted by Gasteiger charge is -2.32. The Kier molecular flexibility index (Phi) is 16.9. The van der Waals surface area contributed by atoms with Crippen LogP contribution in [-0.2, 0) is 19.1 Å². The summed E-state index contributed by atoms with van der Waals surface area (Å²) in [6, 6.07) is -2.74. The number of hydrogen-bond acceptors (Lipinski definition) is 8. The largest absolute Gasteiger partial charge is 0.444 e. The first-order valence-electron chi connectivity index (χ1n) is 15.7. The Labute approximate surface area is 262 Å². The zero-order chi connectivity index (χ0) is 32.9. The number of aliphatic hydroxyl groups excluding tert-OH is 2. The third-order valence-electron chi connectivity index (χ3n) is 7.48. The first-order chi connectivity index (χ1) is 19.9. The van der Waals surface area contributed by atoms with Crippen LogP contribution in [0.2, 0.25) is 0 Å². The van der Waals surface area contributed by atoms with Crippen molar-refractivity contribution in [1.82, 2.24) is 21.3 Å². The SMILES string of the molecule is CSCC[C@H](NC(=O)[C@@H](NC(=O)OC(C)(C)C)C(C)C)C(=O)N[C@@H](CC(C)C)[C@@H](O)C[C@@H](C)C(=O)N[C@H]1CCCC[C@H]1O. The van der Waals surface area contributed by atoms with Crippen LogP contribution in [0.5, 0.6) is 0 Å². The summed E-state index contributed by atoms with van der Waals surface area (Å²) in [5.74, 6) is -1.23. The maximum absolute atomic E-state index is 13.5. The highest BCUT2D eigenvalue weighted by molar-refractivity contribution is 7.98. The summed E-state index contributed by atoms with van der Waals surface area (Å²) in [6.07, 6.45) is 3.84. The average Bonchev–Trinajstić information content (AvgIpc) is 2.88. The van der Waals surface area contributed by atoms with E-state index >= 15 is 0 Å². The zero-order valence-corrected chi connectivity index (χ0v) is 28.5. The van der Waals surface area contributed by atoms with Gasteiger partial charge in [-0.25, -0.2) is 4.79 Å². The molecule has 1 aliphatic carbocycles. The molecular weight excluding hydrogens is 572 g/mol. The van der Waals surface area contributed by atoms with Crippen molar-refractivity contribution < 1.29 is 34.1 Å². The Bertz CT molecular complexity index is 896. The van der Waals surface area contributed by atoms with Gasteiger partial charge in [0.05, 0.1) is 24.3 Å². The highest BCUT2D eigenvalue weighted by atomic mass is 32.2. The van der Waals surface area contributed by atoms with E-state index in [4.69, 9.17) is 4.74 Å². The summed E-state index contributed by atoms with van der Waals surface area (Å²) in [7, 11) is 0. The minimum atomic E-state index is -1.00. The van der Waals surface area contributed by atoms with Crippen molar-refractivity contribution in [1.29, 1.82) is 0 Å². The summed E-state index contributed by atoms with van der Waals surface area (Å²) in [6.45, 7) is 14.5. The maximum atomic E-state index is 13.5. The van der Waals surface area contributed by atoms with Gasteiger partial charge in [-0.05, 0) is 76.7 Å². The third kappa shape index (κ3) is 15.0. The van der Waals surface area contributed by atoms with Gasteiger partial charge in [0.25, 0.3) is 0 Å². The molecule has 0 aromatic carbocycles. The normalized spacial score (nSPS) is 20.9. The molecule has 0 saturated heterocycles. The molecule has 6 N–H and O–H groups in total. The first kappa shape index (κ1) is 39.0.